The van der Waals surface area contributed by atoms with Gasteiger partial charge in [-0.15, -0.1) is 0 Å². The molecule has 1 amide bonds. The van der Waals surface area contributed by atoms with Crippen LogP contribution in [0.25, 0.3) is 5.69 Å². The van der Waals surface area contributed by atoms with Crippen LogP contribution >= 0.6 is 0 Å². The minimum atomic E-state index is -0.277. The van der Waals surface area contributed by atoms with Gasteiger partial charge in [-0.2, -0.15) is 5.10 Å². The van der Waals surface area contributed by atoms with E-state index < -0.39 is 0 Å². The first kappa shape index (κ1) is 20.4. The number of hydrogen-bond acceptors (Lipinski definition) is 3. The molecule has 1 N–H and O–H groups in total. The second-order valence-corrected chi connectivity index (χ2v) is 7.03. The van der Waals surface area contributed by atoms with Crippen LogP contribution in [-0.2, 0) is 6.42 Å². The van der Waals surface area contributed by atoms with Gasteiger partial charge in [0.05, 0.1) is 19.0 Å². The Kier molecular flexibility index (Phi) is 6.17. The fourth-order valence-corrected chi connectivity index (χ4v) is 3.58. The molecule has 3 aromatic rings. The normalized spacial score (nSPS) is 11.1. The molecule has 1 heterocycles. The summed E-state index contributed by atoms with van der Waals surface area (Å²) in [6.45, 7) is 8.47. The van der Waals surface area contributed by atoms with Crippen molar-refractivity contribution in [1.29, 1.82) is 0 Å². The number of hydrazone groups is 1. The molecule has 0 aliphatic carbocycles. The Morgan fingerprint density at radius 2 is 1.90 bits per heavy atom. The molecule has 0 bridgehead atoms. The summed E-state index contributed by atoms with van der Waals surface area (Å²) in [4.78, 5) is 12.3. The minimum absolute atomic E-state index is 0.277. The summed E-state index contributed by atoms with van der Waals surface area (Å²) >= 11 is 0. The Morgan fingerprint density at radius 3 is 2.62 bits per heavy atom. The number of carbonyl (C=O) groups excluding carboxylic acids is 1. The van der Waals surface area contributed by atoms with E-state index in [9.17, 15) is 4.79 Å². The van der Waals surface area contributed by atoms with Crippen LogP contribution in [0.5, 0.6) is 5.75 Å². The highest BCUT2D eigenvalue weighted by molar-refractivity contribution is 5.95. The van der Waals surface area contributed by atoms with Crippen molar-refractivity contribution in [2.75, 3.05) is 7.11 Å². The Bertz CT molecular complexity index is 1060. The van der Waals surface area contributed by atoms with Crippen molar-refractivity contribution in [3.63, 3.8) is 0 Å². The summed E-state index contributed by atoms with van der Waals surface area (Å²) in [6, 6.07) is 15.5. The third kappa shape index (κ3) is 4.24. The molecule has 0 spiro atoms. The van der Waals surface area contributed by atoms with E-state index in [1.165, 1.54) is 16.8 Å². The van der Waals surface area contributed by atoms with Gasteiger partial charge in [0.15, 0.2) is 0 Å². The highest BCUT2D eigenvalue weighted by Gasteiger charge is 2.14. The molecular weight excluding hydrogens is 362 g/mol. The lowest BCUT2D eigenvalue weighted by Gasteiger charge is -2.17. The summed E-state index contributed by atoms with van der Waals surface area (Å²) in [7, 11) is 1.57. The molecule has 0 aliphatic heterocycles. The summed E-state index contributed by atoms with van der Waals surface area (Å²) in [5, 5.41) is 4.17. The molecule has 0 saturated heterocycles. The summed E-state index contributed by atoms with van der Waals surface area (Å²) in [5.41, 5.74) is 10.1. The van der Waals surface area contributed by atoms with E-state index in [4.69, 9.17) is 4.74 Å². The van der Waals surface area contributed by atoms with E-state index >= 15 is 0 Å². The van der Waals surface area contributed by atoms with Gasteiger partial charge in [-0.3, -0.25) is 4.79 Å². The molecular formula is C24H27N3O2. The number of benzene rings is 2. The lowest BCUT2D eigenvalue weighted by Crippen LogP contribution is -2.17. The van der Waals surface area contributed by atoms with E-state index in [-0.39, 0.29) is 5.91 Å². The van der Waals surface area contributed by atoms with Crippen molar-refractivity contribution in [2.45, 2.75) is 34.1 Å². The highest BCUT2D eigenvalue weighted by atomic mass is 16.5. The number of aromatic nitrogens is 1. The maximum Gasteiger partial charge on any atom is 0.271 e. The molecule has 29 heavy (non-hydrogen) atoms. The molecule has 1 aromatic heterocycles. The number of rotatable bonds is 6. The number of nitrogens with zero attached hydrogens (tertiary/aromatic N) is 2. The van der Waals surface area contributed by atoms with Crippen LogP contribution in [0.15, 0.2) is 53.6 Å². The van der Waals surface area contributed by atoms with Crippen LogP contribution in [-0.4, -0.2) is 23.8 Å². The quantitative estimate of drug-likeness (QED) is 0.489. The third-order valence-electron chi connectivity index (χ3n) is 5.10. The molecule has 0 radical (unpaired) electrons. The molecule has 0 saturated carbocycles. The topological polar surface area (TPSA) is 55.6 Å². The smallest absolute Gasteiger partial charge is 0.271 e. The van der Waals surface area contributed by atoms with Crippen LogP contribution in [0.1, 0.15) is 45.4 Å². The van der Waals surface area contributed by atoms with Gasteiger partial charge in [0, 0.05) is 22.5 Å². The van der Waals surface area contributed by atoms with E-state index in [0.29, 0.717) is 11.3 Å². The van der Waals surface area contributed by atoms with Gasteiger partial charge < -0.3 is 9.30 Å². The predicted octanol–water partition coefficient (Wildman–Crippen LogP) is 4.74. The fourth-order valence-electron chi connectivity index (χ4n) is 3.58. The van der Waals surface area contributed by atoms with Crippen LogP contribution in [0.2, 0.25) is 0 Å². The molecule has 0 unspecified atom stereocenters. The summed E-state index contributed by atoms with van der Waals surface area (Å²) in [6.07, 6.45) is 2.66. The van der Waals surface area contributed by atoms with Crippen molar-refractivity contribution in [2.24, 2.45) is 5.10 Å². The molecule has 150 valence electrons. The first-order chi connectivity index (χ1) is 14.0. The fraction of sp³-hybridized carbons (Fsp3) is 0.250. The zero-order valence-corrected chi connectivity index (χ0v) is 17.6. The Labute approximate surface area is 172 Å². The average Bonchev–Trinajstić information content (AvgIpc) is 3.00. The molecule has 0 atom stereocenters. The lowest BCUT2D eigenvalue weighted by atomic mass is 10.1. The molecule has 5 nitrogen and oxygen atoms in total. The second kappa shape index (κ2) is 8.78. The second-order valence-electron chi connectivity index (χ2n) is 7.03. The number of hydrogen-bond donors (Lipinski definition) is 1. The Hall–Kier alpha value is -3.34. The zero-order chi connectivity index (χ0) is 21.0. The highest BCUT2D eigenvalue weighted by Crippen LogP contribution is 2.26. The Balaban J connectivity index is 1.85. The van der Waals surface area contributed by atoms with Crippen molar-refractivity contribution < 1.29 is 9.53 Å². The third-order valence-corrected chi connectivity index (χ3v) is 5.10. The summed E-state index contributed by atoms with van der Waals surface area (Å²) in [5.74, 6) is 0.358. The maximum atomic E-state index is 12.3. The van der Waals surface area contributed by atoms with E-state index in [0.717, 1.165) is 23.4 Å². The largest absolute Gasteiger partial charge is 0.497 e. The van der Waals surface area contributed by atoms with Gasteiger partial charge in [0.1, 0.15) is 5.75 Å². The van der Waals surface area contributed by atoms with Gasteiger partial charge in [0.2, 0.25) is 0 Å². The van der Waals surface area contributed by atoms with Gasteiger partial charge in [-0.25, -0.2) is 5.43 Å². The minimum Gasteiger partial charge on any atom is -0.497 e. The Morgan fingerprint density at radius 1 is 1.14 bits per heavy atom. The molecule has 2 aromatic carbocycles. The average molecular weight is 389 g/mol. The number of ether oxygens (including phenoxy) is 1. The van der Waals surface area contributed by atoms with E-state index in [2.05, 4.69) is 67.1 Å². The molecule has 5 heteroatoms. The van der Waals surface area contributed by atoms with Gasteiger partial charge in [-0.1, -0.05) is 31.2 Å². The number of carbonyl (C=O) groups is 1. The molecule has 0 fully saturated rings. The zero-order valence-electron chi connectivity index (χ0n) is 17.6. The standard InChI is InChI=1S/C24H27N3O2/c1-6-19-10-7-9-16(2)23(19)27-17(3)13-21(18(27)4)15-25-26-24(28)20-11-8-12-22(14-20)29-5/h7-15H,6H2,1-5H3,(H,26,28)/b25-15-. The van der Waals surface area contributed by atoms with E-state index in [1.54, 1.807) is 37.6 Å². The predicted molar refractivity (Wildman–Crippen MR) is 117 cm³/mol. The van der Waals surface area contributed by atoms with Crippen molar-refractivity contribution in [1.82, 2.24) is 9.99 Å². The van der Waals surface area contributed by atoms with Gasteiger partial charge in [0.25, 0.3) is 5.91 Å². The first-order valence-corrected chi connectivity index (χ1v) is 9.71. The number of methoxy groups -OCH3 is 1. The van der Waals surface area contributed by atoms with Crippen molar-refractivity contribution >= 4 is 12.1 Å². The van der Waals surface area contributed by atoms with E-state index in [1.807, 2.05) is 0 Å². The van der Waals surface area contributed by atoms with Gasteiger partial charge >= 0.3 is 0 Å². The summed E-state index contributed by atoms with van der Waals surface area (Å²) < 4.78 is 7.42. The number of nitrogens with one attached hydrogen (secondary N) is 1. The number of amides is 1. The van der Waals surface area contributed by atoms with Gasteiger partial charge in [-0.05, 0) is 62.6 Å². The first-order valence-electron chi connectivity index (χ1n) is 9.71. The van der Waals surface area contributed by atoms with Crippen molar-refractivity contribution in [3.05, 3.63) is 82.2 Å². The SMILES string of the molecule is CCc1cccc(C)c1-n1c(C)cc(/C=N\NC(=O)c2cccc(OC)c2)c1C. The monoisotopic (exact) mass is 389 g/mol. The van der Waals surface area contributed by atoms with Crippen LogP contribution in [0, 0.1) is 20.8 Å². The van der Waals surface area contributed by atoms with Crippen LogP contribution in [0.4, 0.5) is 0 Å². The van der Waals surface area contributed by atoms with Crippen molar-refractivity contribution in [3.8, 4) is 11.4 Å². The number of aryl methyl sites for hydroxylation is 3. The number of para-hydroxylation sites is 1. The molecule has 3 rings (SSSR count). The van der Waals surface area contributed by atoms with Crippen LogP contribution < -0.4 is 10.2 Å². The lowest BCUT2D eigenvalue weighted by molar-refractivity contribution is 0.0955. The molecule has 0 aliphatic rings. The van der Waals surface area contributed by atoms with Crippen LogP contribution in [0.3, 0.4) is 0 Å². The maximum absolute atomic E-state index is 12.3.